The van der Waals surface area contributed by atoms with E-state index in [-0.39, 0.29) is 11.3 Å². The second-order valence-electron chi connectivity index (χ2n) is 6.73. The molecule has 0 fully saturated rings. The Bertz CT molecular complexity index is 874. The predicted octanol–water partition coefficient (Wildman–Crippen LogP) is 3.29. The van der Waals surface area contributed by atoms with E-state index < -0.39 is 24.1 Å². The lowest BCUT2D eigenvalue weighted by Crippen LogP contribution is -2.30. The first-order chi connectivity index (χ1) is 13.2. The quantitative estimate of drug-likeness (QED) is 0.735. The summed E-state index contributed by atoms with van der Waals surface area (Å²) in [7, 11) is 0. The number of nitrogens with zero attached hydrogens (tertiary/aromatic N) is 1. The fourth-order valence-electron chi connectivity index (χ4n) is 3.05. The van der Waals surface area contributed by atoms with Gasteiger partial charge in [-0.1, -0.05) is 0 Å². The molecule has 1 amide bonds. The average Bonchev–Trinajstić information content (AvgIpc) is 2.61. The van der Waals surface area contributed by atoms with Gasteiger partial charge >= 0.3 is 11.6 Å². The molecule has 150 valence electrons. The predicted molar refractivity (Wildman–Crippen MR) is 108 cm³/mol. The molecule has 2 rings (SSSR count). The molecule has 0 unspecified atom stereocenters. The fraction of sp³-hybridized carbons (Fsp3) is 0.381. The van der Waals surface area contributed by atoms with E-state index in [2.05, 4.69) is 31.0 Å². The highest BCUT2D eigenvalue weighted by atomic mass is 16.5. The number of hydrogen-bond donors (Lipinski definition) is 1. The van der Waals surface area contributed by atoms with E-state index in [1.54, 1.807) is 19.1 Å². The van der Waals surface area contributed by atoms with E-state index >= 15 is 0 Å². The molecule has 0 aliphatic rings. The van der Waals surface area contributed by atoms with Gasteiger partial charge in [0.05, 0.1) is 0 Å². The van der Waals surface area contributed by atoms with Crippen molar-refractivity contribution in [3.05, 3.63) is 57.6 Å². The third-order valence-electron chi connectivity index (χ3n) is 4.32. The summed E-state index contributed by atoms with van der Waals surface area (Å²) >= 11 is 0. The lowest BCUT2D eigenvalue weighted by atomic mass is 10.1. The van der Waals surface area contributed by atoms with Gasteiger partial charge in [-0.3, -0.25) is 4.79 Å². The van der Waals surface area contributed by atoms with Crippen molar-refractivity contribution in [1.82, 2.24) is 0 Å². The Balaban J connectivity index is 1.96. The molecule has 0 bridgehead atoms. The Labute approximate surface area is 164 Å². The van der Waals surface area contributed by atoms with Crippen molar-refractivity contribution < 1.29 is 18.7 Å². The third kappa shape index (κ3) is 5.22. The van der Waals surface area contributed by atoms with Gasteiger partial charge in [0.2, 0.25) is 0 Å². The lowest BCUT2D eigenvalue weighted by molar-refractivity contribution is -0.119. The molecular weight excluding hydrogens is 360 g/mol. The van der Waals surface area contributed by atoms with Gasteiger partial charge in [-0.2, -0.15) is 0 Å². The van der Waals surface area contributed by atoms with E-state index in [1.807, 2.05) is 12.1 Å². The van der Waals surface area contributed by atoms with E-state index in [9.17, 15) is 14.4 Å². The van der Waals surface area contributed by atoms with E-state index in [1.165, 1.54) is 13.0 Å². The average molecular weight is 386 g/mol. The number of amides is 1. The van der Waals surface area contributed by atoms with Crippen LogP contribution in [0.15, 0.2) is 39.5 Å². The summed E-state index contributed by atoms with van der Waals surface area (Å²) in [6.45, 7) is 9.89. The minimum absolute atomic E-state index is 0.157. The standard InChI is InChI=1S/C21H26N2O5/c1-6-23(13(2)3)17-9-7-16(8-10-17)22-18(24)12-27-21(26)20-14(4)11-19(25)28-15(20)5/h7-11,13H,6,12H2,1-5H3,(H,22,24). The largest absolute Gasteiger partial charge is 0.452 e. The zero-order chi connectivity index (χ0) is 20.8. The fourth-order valence-corrected chi connectivity index (χ4v) is 3.05. The van der Waals surface area contributed by atoms with Crippen LogP contribution in [0.1, 0.15) is 42.5 Å². The molecule has 1 aromatic heterocycles. The summed E-state index contributed by atoms with van der Waals surface area (Å²) < 4.78 is 9.96. The molecule has 7 nitrogen and oxygen atoms in total. The van der Waals surface area contributed by atoms with Gasteiger partial charge in [0.25, 0.3) is 5.91 Å². The SMILES string of the molecule is CCN(c1ccc(NC(=O)COC(=O)c2c(C)cc(=O)oc2C)cc1)C(C)C. The molecule has 0 saturated heterocycles. The first-order valence-electron chi connectivity index (χ1n) is 9.18. The molecule has 28 heavy (non-hydrogen) atoms. The molecule has 0 aliphatic carbocycles. The molecule has 2 aromatic rings. The van der Waals surface area contributed by atoms with Crippen LogP contribution in [0.5, 0.6) is 0 Å². The Morgan fingerprint density at radius 3 is 2.36 bits per heavy atom. The Morgan fingerprint density at radius 2 is 1.82 bits per heavy atom. The molecule has 0 saturated carbocycles. The number of aryl methyl sites for hydroxylation is 2. The van der Waals surface area contributed by atoms with Crippen LogP contribution in [0, 0.1) is 13.8 Å². The summed E-state index contributed by atoms with van der Waals surface area (Å²) in [5, 5.41) is 2.69. The minimum Gasteiger partial charge on any atom is -0.452 e. The second-order valence-corrected chi connectivity index (χ2v) is 6.73. The molecule has 0 spiro atoms. The van der Waals surface area contributed by atoms with Crippen molar-refractivity contribution in [2.45, 2.75) is 40.7 Å². The van der Waals surface area contributed by atoms with E-state index in [4.69, 9.17) is 9.15 Å². The number of ether oxygens (including phenoxy) is 1. The van der Waals surface area contributed by atoms with Crippen molar-refractivity contribution in [3.63, 3.8) is 0 Å². The molecule has 7 heteroatoms. The summed E-state index contributed by atoms with van der Waals surface area (Å²) in [5.41, 5.74) is 1.75. The Hall–Kier alpha value is -3.09. The molecule has 1 N–H and O–H groups in total. The van der Waals surface area contributed by atoms with Gasteiger partial charge in [0.15, 0.2) is 6.61 Å². The van der Waals surface area contributed by atoms with E-state index in [0.717, 1.165) is 12.2 Å². The summed E-state index contributed by atoms with van der Waals surface area (Å²) in [6, 6.07) is 9.06. The van der Waals surface area contributed by atoms with Crippen molar-refractivity contribution >= 4 is 23.3 Å². The highest BCUT2D eigenvalue weighted by Gasteiger charge is 2.18. The van der Waals surface area contributed by atoms with Gasteiger partial charge in [-0.05, 0) is 64.4 Å². The van der Waals surface area contributed by atoms with Crippen LogP contribution in [0.25, 0.3) is 0 Å². The zero-order valence-corrected chi connectivity index (χ0v) is 16.9. The maximum atomic E-state index is 12.2. The normalized spacial score (nSPS) is 10.6. The number of nitrogens with one attached hydrogen (secondary N) is 1. The molecule has 0 aliphatic heterocycles. The molecule has 1 heterocycles. The number of rotatable bonds is 7. The summed E-state index contributed by atoms with van der Waals surface area (Å²) in [5.74, 6) is -0.999. The van der Waals surface area contributed by atoms with Crippen LogP contribution in [0.3, 0.4) is 0 Å². The van der Waals surface area contributed by atoms with Gasteiger partial charge < -0.3 is 19.4 Å². The number of esters is 1. The summed E-state index contributed by atoms with van der Waals surface area (Å²) in [4.78, 5) is 37.8. The topological polar surface area (TPSA) is 88.9 Å². The second kappa shape index (κ2) is 9.21. The number of carbonyl (C=O) groups is 2. The monoisotopic (exact) mass is 386 g/mol. The van der Waals surface area contributed by atoms with Gasteiger partial charge in [-0.25, -0.2) is 9.59 Å². The third-order valence-corrected chi connectivity index (χ3v) is 4.32. The Morgan fingerprint density at radius 1 is 1.18 bits per heavy atom. The lowest BCUT2D eigenvalue weighted by Gasteiger charge is -2.27. The first-order valence-corrected chi connectivity index (χ1v) is 9.18. The van der Waals surface area contributed by atoms with Crippen LogP contribution in [0.2, 0.25) is 0 Å². The van der Waals surface area contributed by atoms with Crippen molar-refractivity contribution in [3.8, 4) is 0 Å². The minimum atomic E-state index is -0.709. The van der Waals surface area contributed by atoms with Crippen LogP contribution in [0.4, 0.5) is 11.4 Å². The van der Waals surface area contributed by atoms with Crippen LogP contribution in [-0.4, -0.2) is 31.1 Å². The number of benzene rings is 1. The van der Waals surface area contributed by atoms with Crippen molar-refractivity contribution in [1.29, 1.82) is 0 Å². The molecule has 1 aromatic carbocycles. The number of anilines is 2. The van der Waals surface area contributed by atoms with Crippen LogP contribution in [-0.2, 0) is 9.53 Å². The summed E-state index contributed by atoms with van der Waals surface area (Å²) in [6.07, 6.45) is 0. The van der Waals surface area contributed by atoms with Crippen LogP contribution >= 0.6 is 0 Å². The number of hydrogen-bond acceptors (Lipinski definition) is 6. The Kier molecular flexibility index (Phi) is 6.98. The first kappa shape index (κ1) is 21.2. The number of carbonyl (C=O) groups excluding carboxylic acids is 2. The zero-order valence-electron chi connectivity index (χ0n) is 16.9. The highest BCUT2D eigenvalue weighted by Crippen LogP contribution is 2.20. The molecule has 0 atom stereocenters. The maximum Gasteiger partial charge on any atom is 0.342 e. The van der Waals surface area contributed by atoms with Crippen molar-refractivity contribution in [2.75, 3.05) is 23.4 Å². The van der Waals surface area contributed by atoms with E-state index in [0.29, 0.717) is 17.3 Å². The smallest absolute Gasteiger partial charge is 0.342 e. The van der Waals surface area contributed by atoms with Crippen molar-refractivity contribution in [2.24, 2.45) is 0 Å². The van der Waals surface area contributed by atoms with Gasteiger partial charge in [-0.15, -0.1) is 0 Å². The molecule has 0 radical (unpaired) electrons. The van der Waals surface area contributed by atoms with Crippen LogP contribution < -0.4 is 15.8 Å². The van der Waals surface area contributed by atoms with Gasteiger partial charge in [0, 0.05) is 30.0 Å². The maximum absolute atomic E-state index is 12.2. The van der Waals surface area contributed by atoms with Gasteiger partial charge in [0.1, 0.15) is 11.3 Å². The highest BCUT2D eigenvalue weighted by molar-refractivity contribution is 5.96. The molecular formula is C21H26N2O5.